The van der Waals surface area contributed by atoms with Crippen LogP contribution in [0.1, 0.15) is 13.8 Å². The highest BCUT2D eigenvalue weighted by Crippen LogP contribution is 2.32. The van der Waals surface area contributed by atoms with Gasteiger partial charge in [-0.3, -0.25) is 4.90 Å². The van der Waals surface area contributed by atoms with Crippen molar-refractivity contribution in [3.63, 3.8) is 0 Å². The summed E-state index contributed by atoms with van der Waals surface area (Å²) in [6, 6.07) is 0. The van der Waals surface area contributed by atoms with Gasteiger partial charge < -0.3 is 4.74 Å². The van der Waals surface area contributed by atoms with Crippen molar-refractivity contribution in [1.29, 1.82) is 0 Å². The van der Waals surface area contributed by atoms with Crippen LogP contribution in [0.5, 0.6) is 0 Å². The van der Waals surface area contributed by atoms with Crippen LogP contribution in [-0.4, -0.2) is 29.7 Å². The lowest BCUT2D eigenvalue weighted by Gasteiger charge is -2.21. The molecule has 2 heterocycles. The van der Waals surface area contributed by atoms with E-state index in [0.717, 1.165) is 6.54 Å². The van der Waals surface area contributed by atoms with Crippen molar-refractivity contribution in [3.05, 3.63) is 11.6 Å². The van der Waals surface area contributed by atoms with Crippen LogP contribution in [0.2, 0.25) is 0 Å². The lowest BCUT2D eigenvalue weighted by molar-refractivity contribution is 0.160. The predicted octanol–water partition coefficient (Wildman–Crippen LogP) is 1.16. The molecule has 0 aromatic rings. The average molecular weight is 153 g/mol. The van der Waals surface area contributed by atoms with Gasteiger partial charge in [-0.25, -0.2) is 4.79 Å². The Labute approximate surface area is 65.6 Å². The molecule has 3 nitrogen and oxygen atoms in total. The number of amides is 1. The summed E-state index contributed by atoms with van der Waals surface area (Å²) < 4.78 is 4.91. The highest BCUT2D eigenvalue weighted by Gasteiger charge is 2.45. The van der Waals surface area contributed by atoms with Crippen molar-refractivity contribution in [2.45, 2.75) is 19.4 Å². The number of carbonyl (C=O) groups excluding carboxylic acids is 1. The summed E-state index contributed by atoms with van der Waals surface area (Å²) in [7, 11) is 0. The van der Waals surface area contributed by atoms with Crippen LogP contribution in [0.4, 0.5) is 4.79 Å². The summed E-state index contributed by atoms with van der Waals surface area (Å²) in [5, 5.41) is 0. The molecule has 1 saturated heterocycles. The summed E-state index contributed by atoms with van der Waals surface area (Å²) in [6.45, 7) is 5.30. The van der Waals surface area contributed by atoms with Gasteiger partial charge in [0, 0.05) is 6.54 Å². The summed E-state index contributed by atoms with van der Waals surface area (Å²) in [6.07, 6.45) is 1.93. The van der Waals surface area contributed by atoms with E-state index in [1.54, 1.807) is 4.90 Å². The number of fused-ring (bicyclic) bond motifs is 1. The second-order valence-corrected chi connectivity index (χ2v) is 3.49. The maximum absolute atomic E-state index is 11.1. The van der Waals surface area contributed by atoms with Gasteiger partial charge in [0.25, 0.3) is 0 Å². The van der Waals surface area contributed by atoms with Gasteiger partial charge in [0.2, 0.25) is 0 Å². The van der Waals surface area contributed by atoms with Crippen molar-refractivity contribution in [2.75, 3.05) is 13.2 Å². The molecule has 1 atom stereocenters. The summed E-state index contributed by atoms with van der Waals surface area (Å²) >= 11 is 0. The van der Waals surface area contributed by atoms with Crippen LogP contribution in [0.3, 0.4) is 0 Å². The van der Waals surface area contributed by atoms with Gasteiger partial charge >= 0.3 is 6.09 Å². The van der Waals surface area contributed by atoms with Gasteiger partial charge in [-0.1, -0.05) is 11.6 Å². The highest BCUT2D eigenvalue weighted by molar-refractivity contribution is 5.73. The summed E-state index contributed by atoms with van der Waals surface area (Å²) in [4.78, 5) is 12.8. The molecule has 0 aromatic carbocycles. The third kappa shape index (κ3) is 0.768. The van der Waals surface area contributed by atoms with Gasteiger partial charge in [-0.05, 0) is 13.8 Å². The molecule has 2 aliphatic heterocycles. The normalized spacial score (nSPS) is 35.3. The van der Waals surface area contributed by atoms with Crippen molar-refractivity contribution < 1.29 is 9.53 Å². The number of cyclic esters (lactones) is 1. The number of hydrogen-bond donors (Lipinski definition) is 0. The van der Waals surface area contributed by atoms with Gasteiger partial charge in [-0.15, -0.1) is 0 Å². The van der Waals surface area contributed by atoms with Crippen LogP contribution >= 0.6 is 0 Å². The molecule has 2 rings (SSSR count). The zero-order chi connectivity index (χ0) is 8.06. The maximum Gasteiger partial charge on any atom is 0.410 e. The predicted molar refractivity (Wildman–Crippen MR) is 40.2 cm³/mol. The van der Waals surface area contributed by atoms with Crippen molar-refractivity contribution in [2.24, 2.45) is 0 Å². The second kappa shape index (κ2) is 1.78. The lowest BCUT2D eigenvalue weighted by Crippen LogP contribution is -2.38. The third-order valence-corrected chi connectivity index (χ3v) is 2.29. The SMILES string of the molecule is CC1=C[C@@]2(C)COC(=O)N2C1. The van der Waals surface area contributed by atoms with E-state index in [4.69, 9.17) is 4.74 Å². The molecule has 0 spiro atoms. The largest absolute Gasteiger partial charge is 0.447 e. The van der Waals surface area contributed by atoms with Gasteiger partial charge in [0.15, 0.2) is 0 Å². The molecular weight excluding hydrogens is 142 g/mol. The Balaban J connectivity index is 2.34. The molecule has 0 radical (unpaired) electrons. The Morgan fingerprint density at radius 3 is 3.09 bits per heavy atom. The van der Waals surface area contributed by atoms with Crippen LogP contribution in [-0.2, 0) is 4.74 Å². The maximum atomic E-state index is 11.1. The quantitative estimate of drug-likeness (QED) is 0.489. The second-order valence-electron chi connectivity index (χ2n) is 3.49. The zero-order valence-electron chi connectivity index (χ0n) is 6.76. The van der Waals surface area contributed by atoms with Crippen molar-refractivity contribution in [1.82, 2.24) is 4.90 Å². The minimum atomic E-state index is -0.180. The fraction of sp³-hybridized carbons (Fsp3) is 0.625. The first-order chi connectivity index (χ1) is 5.12. The number of rotatable bonds is 0. The number of carbonyl (C=O) groups is 1. The van der Waals surface area contributed by atoms with E-state index in [1.807, 2.05) is 13.8 Å². The first-order valence-corrected chi connectivity index (χ1v) is 3.74. The number of ether oxygens (including phenoxy) is 1. The molecule has 0 N–H and O–H groups in total. The van der Waals surface area contributed by atoms with Crippen LogP contribution in [0.15, 0.2) is 11.6 Å². The summed E-state index contributed by atoms with van der Waals surface area (Å²) in [5.74, 6) is 0. The van der Waals surface area contributed by atoms with Gasteiger partial charge in [0.05, 0.1) is 5.54 Å². The first-order valence-electron chi connectivity index (χ1n) is 3.74. The Bertz CT molecular complexity index is 246. The molecule has 0 saturated carbocycles. The van der Waals surface area contributed by atoms with E-state index in [0.29, 0.717) is 6.61 Å². The van der Waals surface area contributed by atoms with Crippen LogP contribution in [0, 0.1) is 0 Å². The van der Waals surface area contributed by atoms with Gasteiger partial charge in [-0.2, -0.15) is 0 Å². The molecule has 1 fully saturated rings. The molecule has 3 heteroatoms. The third-order valence-electron chi connectivity index (χ3n) is 2.29. The minimum absolute atomic E-state index is 0.152. The van der Waals surface area contributed by atoms with Crippen molar-refractivity contribution >= 4 is 6.09 Å². The molecule has 11 heavy (non-hydrogen) atoms. The van der Waals surface area contributed by atoms with E-state index in [9.17, 15) is 4.79 Å². The topological polar surface area (TPSA) is 29.5 Å². The molecular formula is C8H11NO2. The first kappa shape index (κ1) is 6.70. The lowest BCUT2D eigenvalue weighted by atomic mass is 10.1. The molecule has 0 bridgehead atoms. The fourth-order valence-corrected chi connectivity index (χ4v) is 1.76. The summed E-state index contributed by atoms with van der Waals surface area (Å²) in [5.41, 5.74) is 1.10. The Kier molecular flexibility index (Phi) is 1.09. The molecule has 0 unspecified atom stereocenters. The standard InChI is InChI=1S/C8H11NO2/c1-6-3-8(2)5-11-7(10)9(8)4-6/h3H,4-5H2,1-2H3/t8-/m0/s1. The zero-order valence-corrected chi connectivity index (χ0v) is 6.76. The van der Waals surface area contributed by atoms with E-state index in [-0.39, 0.29) is 11.6 Å². The number of nitrogens with zero attached hydrogens (tertiary/aromatic N) is 1. The van der Waals surface area contributed by atoms with Gasteiger partial charge in [0.1, 0.15) is 6.61 Å². The Hall–Kier alpha value is -0.990. The van der Waals surface area contributed by atoms with E-state index < -0.39 is 0 Å². The molecule has 1 amide bonds. The smallest absolute Gasteiger partial charge is 0.410 e. The molecule has 0 aromatic heterocycles. The highest BCUT2D eigenvalue weighted by atomic mass is 16.6. The molecule has 0 aliphatic carbocycles. The van der Waals surface area contributed by atoms with Crippen LogP contribution in [0.25, 0.3) is 0 Å². The average Bonchev–Trinajstić information content (AvgIpc) is 2.32. The molecule has 2 aliphatic rings. The van der Waals surface area contributed by atoms with Crippen molar-refractivity contribution in [3.8, 4) is 0 Å². The number of hydrogen-bond acceptors (Lipinski definition) is 2. The van der Waals surface area contributed by atoms with E-state index in [2.05, 4.69) is 6.08 Å². The Morgan fingerprint density at radius 1 is 1.73 bits per heavy atom. The van der Waals surface area contributed by atoms with E-state index in [1.165, 1.54) is 5.57 Å². The van der Waals surface area contributed by atoms with E-state index >= 15 is 0 Å². The minimum Gasteiger partial charge on any atom is -0.447 e. The Morgan fingerprint density at radius 2 is 2.45 bits per heavy atom. The fourth-order valence-electron chi connectivity index (χ4n) is 1.76. The monoisotopic (exact) mass is 153 g/mol. The van der Waals surface area contributed by atoms with Crippen LogP contribution < -0.4 is 0 Å². The molecule has 60 valence electrons.